The zero-order chi connectivity index (χ0) is 50.8. The van der Waals surface area contributed by atoms with Crippen LogP contribution in [0.2, 0.25) is 0 Å². The molecule has 394 valence electrons. The van der Waals surface area contributed by atoms with Crippen molar-refractivity contribution < 1.29 is 28.5 Å². The van der Waals surface area contributed by atoms with E-state index in [-0.39, 0.29) is 24.8 Å². The van der Waals surface area contributed by atoms with Gasteiger partial charge in [0.15, 0.2) is 0 Å². The van der Waals surface area contributed by atoms with E-state index < -0.39 is 0 Å². The van der Waals surface area contributed by atoms with Crippen LogP contribution in [0.15, 0.2) is 107 Å². The highest BCUT2D eigenvalue weighted by atomic mass is 16.5. The first-order chi connectivity index (χ1) is 35.5. The Hall–Kier alpha value is -5.24. The van der Waals surface area contributed by atoms with Gasteiger partial charge in [0.05, 0.1) is 24.6 Å². The molecule has 8 heteroatoms. The molecule has 0 bridgehead atoms. The van der Waals surface area contributed by atoms with Gasteiger partial charge in [-0.05, 0) is 134 Å². The highest BCUT2D eigenvalue weighted by molar-refractivity contribution is 5.83. The maximum Gasteiger partial charge on any atom is 0.311 e. The quantitative estimate of drug-likeness (QED) is 0.0190. The third kappa shape index (κ3) is 29.9. The van der Waals surface area contributed by atoms with Gasteiger partial charge < -0.3 is 18.9 Å². The van der Waals surface area contributed by atoms with Crippen LogP contribution in [0, 0.1) is 0 Å². The number of rotatable bonds is 43. The molecule has 0 aromatic heterocycles. The minimum absolute atomic E-state index is 0.203. The largest absolute Gasteiger partial charge is 0.494 e. The summed E-state index contributed by atoms with van der Waals surface area (Å²) in [6.45, 7) is 6.06. The average molecular weight is 985 g/mol. The van der Waals surface area contributed by atoms with Crippen LogP contribution in [-0.4, -0.2) is 37.6 Å². The van der Waals surface area contributed by atoms with Gasteiger partial charge in [-0.15, -0.1) is 0 Å². The summed E-state index contributed by atoms with van der Waals surface area (Å²) in [6.07, 6.45) is 42.9. The van der Waals surface area contributed by atoms with Gasteiger partial charge in [-0.25, -0.2) is 0 Å². The van der Waals surface area contributed by atoms with E-state index >= 15 is 0 Å². The van der Waals surface area contributed by atoms with Crippen LogP contribution >= 0.6 is 0 Å². The molecule has 72 heavy (non-hydrogen) atoms. The predicted molar refractivity (Wildman–Crippen MR) is 302 cm³/mol. The van der Waals surface area contributed by atoms with Crippen molar-refractivity contribution in [3.05, 3.63) is 108 Å². The molecule has 4 aromatic rings. The molecular formula is C64H92N2O6. The van der Waals surface area contributed by atoms with Gasteiger partial charge in [0.2, 0.25) is 0 Å². The number of hydrogen-bond acceptors (Lipinski definition) is 8. The van der Waals surface area contributed by atoms with Crippen LogP contribution in [0.5, 0.6) is 23.0 Å². The molecule has 0 aliphatic rings. The topological polar surface area (TPSA) is 95.8 Å². The molecule has 0 unspecified atom stereocenters. The van der Waals surface area contributed by atoms with E-state index in [2.05, 4.69) is 23.8 Å². The number of carbonyl (C=O) groups excluding carboxylic acids is 2. The number of aliphatic imine (C=N–C) groups is 2. The summed E-state index contributed by atoms with van der Waals surface area (Å²) in [6, 6.07) is 30.2. The van der Waals surface area contributed by atoms with Crippen LogP contribution < -0.4 is 18.9 Å². The molecule has 0 spiro atoms. The second kappa shape index (κ2) is 40.3. The van der Waals surface area contributed by atoms with Crippen LogP contribution in [-0.2, 0) is 9.59 Å². The van der Waals surface area contributed by atoms with Gasteiger partial charge >= 0.3 is 11.9 Å². The van der Waals surface area contributed by atoms with Crippen LogP contribution in [0.3, 0.4) is 0 Å². The van der Waals surface area contributed by atoms with Crippen molar-refractivity contribution in [2.45, 2.75) is 219 Å². The highest BCUT2D eigenvalue weighted by Gasteiger charge is 2.09. The first kappa shape index (κ1) is 59.3. The molecule has 0 heterocycles. The molecule has 4 rings (SSSR count). The Morgan fingerprint density at radius 3 is 0.889 bits per heavy atom. The zero-order valence-electron chi connectivity index (χ0n) is 44.8. The lowest BCUT2D eigenvalue weighted by Crippen LogP contribution is -2.10. The lowest BCUT2D eigenvalue weighted by Gasteiger charge is -2.07. The van der Waals surface area contributed by atoms with Crippen molar-refractivity contribution in [3.8, 4) is 23.0 Å². The summed E-state index contributed by atoms with van der Waals surface area (Å²) in [5.74, 6) is 1.98. The van der Waals surface area contributed by atoms with E-state index in [0.717, 1.165) is 60.1 Å². The summed E-state index contributed by atoms with van der Waals surface area (Å²) < 4.78 is 23.0. The third-order valence-electron chi connectivity index (χ3n) is 13.2. The second-order valence-corrected chi connectivity index (χ2v) is 19.7. The van der Waals surface area contributed by atoms with Gasteiger partial charge in [-0.1, -0.05) is 181 Å². The maximum absolute atomic E-state index is 12.5. The summed E-state index contributed by atoms with van der Waals surface area (Å²) in [4.78, 5) is 34.1. The number of esters is 2. The van der Waals surface area contributed by atoms with E-state index in [4.69, 9.17) is 18.9 Å². The number of benzene rings is 4. The van der Waals surface area contributed by atoms with Crippen molar-refractivity contribution >= 4 is 35.7 Å². The summed E-state index contributed by atoms with van der Waals surface area (Å²) >= 11 is 0. The maximum atomic E-state index is 12.5. The predicted octanol–water partition coefficient (Wildman–Crippen LogP) is 19.0. The Balaban J connectivity index is 0.972. The first-order valence-corrected chi connectivity index (χ1v) is 28.7. The molecule has 0 fully saturated rings. The number of nitrogens with zero attached hydrogens (tertiary/aromatic N) is 2. The number of hydrogen-bond donors (Lipinski definition) is 0. The molecule has 0 amide bonds. The Kier molecular flexibility index (Phi) is 33.2. The summed E-state index contributed by atoms with van der Waals surface area (Å²) in [5.41, 5.74) is 3.46. The standard InChI is InChI=1S/C64H92N2O6/c1-3-5-7-9-11-13-15-17-19-21-23-25-27-31-51-69-59-43-35-55(36-44-59)53-65-57-39-47-61(48-40-57)71-63(67)33-29-30-34-64(68)72-62-49-41-58(42-50-62)66-54-56-37-45-60(46-38-56)70-52-32-28-26-24-22-20-18-16-14-12-10-8-6-4-2/h35-50,53-54H,3-34,51-52H2,1-2H3. The molecule has 0 N–H and O–H groups in total. The number of ether oxygens (including phenoxy) is 4. The fourth-order valence-corrected chi connectivity index (χ4v) is 8.68. The van der Waals surface area contributed by atoms with Crippen molar-refractivity contribution in [1.82, 2.24) is 0 Å². The normalized spacial score (nSPS) is 11.4. The van der Waals surface area contributed by atoms with Gasteiger partial charge in [-0.2, -0.15) is 0 Å². The fraction of sp³-hybridized carbons (Fsp3) is 0.562. The van der Waals surface area contributed by atoms with E-state index in [1.165, 1.54) is 167 Å². The van der Waals surface area contributed by atoms with E-state index in [1.807, 2.05) is 85.2 Å². The van der Waals surface area contributed by atoms with Gasteiger partial charge in [0, 0.05) is 25.3 Å². The van der Waals surface area contributed by atoms with E-state index in [1.54, 1.807) is 24.3 Å². The van der Waals surface area contributed by atoms with Crippen LogP contribution in [0.25, 0.3) is 0 Å². The van der Waals surface area contributed by atoms with E-state index in [9.17, 15) is 9.59 Å². The first-order valence-electron chi connectivity index (χ1n) is 28.7. The van der Waals surface area contributed by atoms with Gasteiger partial charge in [0.1, 0.15) is 23.0 Å². The molecule has 8 nitrogen and oxygen atoms in total. The minimum Gasteiger partial charge on any atom is -0.494 e. The van der Waals surface area contributed by atoms with Crippen molar-refractivity contribution in [2.75, 3.05) is 13.2 Å². The smallest absolute Gasteiger partial charge is 0.311 e. The van der Waals surface area contributed by atoms with Crippen molar-refractivity contribution in [2.24, 2.45) is 9.98 Å². The molecule has 0 radical (unpaired) electrons. The Morgan fingerprint density at radius 1 is 0.333 bits per heavy atom. The Labute approximate surface area is 436 Å². The number of unbranched alkanes of at least 4 members (excludes halogenated alkanes) is 27. The van der Waals surface area contributed by atoms with Gasteiger partial charge in [0.25, 0.3) is 0 Å². The van der Waals surface area contributed by atoms with Gasteiger partial charge in [-0.3, -0.25) is 19.6 Å². The Morgan fingerprint density at radius 2 is 0.597 bits per heavy atom. The molecule has 0 aliphatic heterocycles. The molecule has 4 aromatic carbocycles. The monoisotopic (exact) mass is 985 g/mol. The SMILES string of the molecule is CCCCCCCCCCCCCCCCOc1ccc(C=Nc2ccc(OC(=O)CCCCC(=O)Oc3ccc(N=Cc4ccc(OCCCCCCCCCCCCCCCC)cc4)cc3)cc2)cc1. The van der Waals surface area contributed by atoms with Crippen LogP contribution in [0.4, 0.5) is 11.4 Å². The third-order valence-corrected chi connectivity index (χ3v) is 13.2. The van der Waals surface area contributed by atoms with Crippen LogP contribution in [0.1, 0.15) is 230 Å². The Bertz CT molecular complexity index is 1860. The van der Waals surface area contributed by atoms with Crippen molar-refractivity contribution in [3.63, 3.8) is 0 Å². The summed E-state index contributed by atoms with van der Waals surface area (Å²) in [7, 11) is 0. The molecule has 0 saturated heterocycles. The molecule has 0 aliphatic carbocycles. The highest BCUT2D eigenvalue weighted by Crippen LogP contribution is 2.23. The lowest BCUT2D eigenvalue weighted by molar-refractivity contribution is -0.136. The second-order valence-electron chi connectivity index (χ2n) is 19.7. The average Bonchev–Trinajstić information content (AvgIpc) is 3.40. The fourth-order valence-electron chi connectivity index (χ4n) is 8.68. The van der Waals surface area contributed by atoms with Crippen molar-refractivity contribution in [1.29, 1.82) is 0 Å². The summed E-state index contributed by atoms with van der Waals surface area (Å²) in [5, 5.41) is 0. The lowest BCUT2D eigenvalue weighted by atomic mass is 10.0. The zero-order valence-corrected chi connectivity index (χ0v) is 44.8. The minimum atomic E-state index is -0.345. The van der Waals surface area contributed by atoms with E-state index in [0.29, 0.717) is 24.3 Å². The molecule has 0 saturated carbocycles. The molecular weight excluding hydrogens is 893 g/mol. The molecule has 0 atom stereocenters. The number of carbonyl (C=O) groups is 2.